The smallest absolute Gasteiger partial charge is 0.418 e. The number of hydroxylamine groups is 2. The Kier molecular flexibility index (Phi) is 17.4. The molecule has 2 aliphatic rings. The molecule has 270 valence electrons. The van der Waals surface area contributed by atoms with Crippen LogP contribution in [0.1, 0.15) is 45.4 Å². The van der Waals surface area contributed by atoms with Gasteiger partial charge < -0.3 is 31.5 Å². The number of hydrogen-bond donors (Lipinski definition) is 5. The molecule has 0 aliphatic carbocycles. The van der Waals surface area contributed by atoms with Gasteiger partial charge in [0.2, 0.25) is 0 Å². The summed E-state index contributed by atoms with van der Waals surface area (Å²) in [6, 6.07) is 6.64. The number of aliphatic carboxylic acids is 1. The van der Waals surface area contributed by atoms with Crippen LogP contribution in [0.15, 0.2) is 39.8 Å². The average Bonchev–Trinajstić information content (AvgIpc) is 3.63. The zero-order chi connectivity index (χ0) is 32.2. The van der Waals surface area contributed by atoms with Crippen molar-refractivity contribution in [3.05, 3.63) is 40.9 Å². The number of carbonyl (C=O) groups is 3. The molecule has 17 nitrogen and oxygen atoms in total. The quantitative estimate of drug-likeness (QED) is 0.0589. The van der Waals surface area contributed by atoms with Crippen molar-refractivity contribution >= 4 is 96.6 Å². The monoisotopic (exact) mass is 771 g/mol. The minimum atomic E-state index is -4.99. The number of carbonyl (C=O) groups excluding carboxylic acids is 2. The van der Waals surface area contributed by atoms with Crippen LogP contribution in [0.2, 0.25) is 0 Å². The largest absolute Gasteiger partial charge is 0.489 e. The number of hydrogen-bond acceptors (Lipinski definition) is 14. The number of rotatable bonds is 14. The Balaban J connectivity index is 0.00000552. The summed E-state index contributed by atoms with van der Waals surface area (Å²) in [6.07, 6.45) is -1.26. The number of carboxylic acids is 1. The van der Waals surface area contributed by atoms with Crippen LogP contribution in [0.5, 0.6) is 5.75 Å². The zero-order valence-electron chi connectivity index (χ0n) is 25.1. The summed E-state index contributed by atoms with van der Waals surface area (Å²) in [4.78, 5) is 51.4. The van der Waals surface area contributed by atoms with E-state index < -0.39 is 64.4 Å². The van der Waals surface area contributed by atoms with E-state index in [9.17, 15) is 27.9 Å². The lowest BCUT2D eigenvalue weighted by Gasteiger charge is -2.50. The summed E-state index contributed by atoms with van der Waals surface area (Å²) in [5, 5.41) is 18.6. The molecule has 3 atom stereocenters. The maximum absolute atomic E-state index is 13.3. The number of nitrogens with one attached hydrogen (secondary N) is 1. The Bertz CT molecular complexity index is 1580. The van der Waals surface area contributed by atoms with Crippen molar-refractivity contribution in [1.29, 1.82) is 0 Å². The number of nitrogen functional groups attached to an aromatic ring is 1. The number of nitrogens with two attached hydrogens (primary N) is 2. The predicted octanol–water partition coefficient (Wildman–Crippen LogP) is 0.951. The van der Waals surface area contributed by atoms with E-state index in [2.05, 4.69) is 24.7 Å². The number of oxime groups is 1. The number of nitrogens with zero attached hydrogens (tertiary/aromatic N) is 4. The number of carboxylic acid groups (broad SMARTS) is 1. The number of anilines is 1. The summed E-state index contributed by atoms with van der Waals surface area (Å²) in [6.45, 7) is 3.98. The van der Waals surface area contributed by atoms with Crippen molar-refractivity contribution in [1.82, 2.24) is 15.4 Å². The van der Waals surface area contributed by atoms with Crippen molar-refractivity contribution in [3.8, 4) is 5.75 Å². The van der Waals surface area contributed by atoms with E-state index in [4.69, 9.17) is 25.6 Å². The van der Waals surface area contributed by atoms with Gasteiger partial charge in [-0.2, -0.15) is 54.0 Å². The molecule has 0 radical (unpaired) electrons. The lowest BCUT2D eigenvalue weighted by molar-refractivity contribution is -0.228. The van der Waals surface area contributed by atoms with Gasteiger partial charge in [0.25, 0.3) is 12.0 Å². The summed E-state index contributed by atoms with van der Waals surface area (Å²) in [7, 11) is -4.99. The number of aliphatic imine (C=N–C) groups is 1. The van der Waals surface area contributed by atoms with Crippen molar-refractivity contribution < 1.29 is 46.3 Å². The molecule has 2 aromatic rings. The van der Waals surface area contributed by atoms with E-state index in [0.29, 0.717) is 22.2 Å². The lowest BCUT2D eigenvalue weighted by atomic mass is 9.74. The van der Waals surface area contributed by atoms with Gasteiger partial charge in [0.1, 0.15) is 23.9 Å². The summed E-state index contributed by atoms with van der Waals surface area (Å²) in [5.74, 6) is -3.49. The van der Waals surface area contributed by atoms with Gasteiger partial charge in [-0.15, -0.1) is 15.6 Å². The number of β-lactam (4-membered cyclic amide) rings is 1. The standard InChI is InChI=1S/C25H31N7O10S2.CH4.3H2S/c1-25(2)16(22(34)32(25)42-44(37,38)39)9-18(33)20(17-12-43-24(27)30-17)31-41-19(23(35)36)11-40-15-5-3-13(4-6-15)21(26)29-14-7-8-28-10-14;;;;/h3-6,12,14,16,19,28H,7-11H2,1-2H3,(H2,26,29)(H2,27,30)(H,35,36)(H,37,38,39);1H4;3*1H2/b31-20-;;;;/t14-,16?,19-;;;;/m0..../s1. The Morgan fingerprint density at radius 2 is 1.88 bits per heavy atom. The molecule has 3 heterocycles. The van der Waals surface area contributed by atoms with E-state index >= 15 is 0 Å². The average molecular weight is 772 g/mol. The van der Waals surface area contributed by atoms with Gasteiger partial charge in [0.05, 0.1) is 17.5 Å². The van der Waals surface area contributed by atoms with E-state index in [1.54, 1.807) is 24.3 Å². The topological polar surface area (TPSA) is 258 Å². The van der Waals surface area contributed by atoms with Crippen LogP contribution in [0.3, 0.4) is 0 Å². The van der Waals surface area contributed by atoms with E-state index in [1.165, 1.54) is 19.2 Å². The third kappa shape index (κ3) is 11.2. The summed E-state index contributed by atoms with van der Waals surface area (Å²) in [5.41, 5.74) is 10.7. The molecule has 0 saturated carbocycles. The molecule has 1 unspecified atom stereocenters. The van der Waals surface area contributed by atoms with Crippen LogP contribution >= 0.6 is 51.8 Å². The number of benzene rings is 1. The summed E-state index contributed by atoms with van der Waals surface area (Å²) < 4.78 is 41.0. The van der Waals surface area contributed by atoms with Gasteiger partial charge >= 0.3 is 16.4 Å². The second-order valence-corrected chi connectivity index (χ2v) is 12.3. The molecule has 48 heavy (non-hydrogen) atoms. The number of amides is 1. The molecule has 0 bridgehead atoms. The Morgan fingerprint density at radius 1 is 1.23 bits per heavy atom. The molecule has 4 rings (SSSR count). The first-order chi connectivity index (χ1) is 20.7. The molecule has 2 saturated heterocycles. The molecule has 1 amide bonds. The number of aromatic nitrogens is 1. The minimum absolute atomic E-state index is 0. The van der Waals surface area contributed by atoms with E-state index in [-0.39, 0.29) is 64.8 Å². The molecular weight excluding hydrogens is 731 g/mol. The fourth-order valence-corrected chi connectivity index (χ4v) is 5.47. The van der Waals surface area contributed by atoms with Gasteiger partial charge in [0.15, 0.2) is 16.6 Å². The van der Waals surface area contributed by atoms with E-state index in [1.807, 2.05) is 0 Å². The van der Waals surface area contributed by atoms with Crippen LogP contribution in [0.4, 0.5) is 5.13 Å². The van der Waals surface area contributed by atoms with E-state index in [0.717, 1.165) is 30.8 Å². The molecule has 2 fully saturated rings. The molecule has 1 aromatic carbocycles. The number of Topliss-reactive ketones (excluding diaryl/α,β-unsaturated/α-hetero) is 1. The lowest BCUT2D eigenvalue weighted by Crippen LogP contribution is -2.68. The highest BCUT2D eigenvalue weighted by molar-refractivity contribution is 7.80. The van der Waals surface area contributed by atoms with Crippen LogP contribution in [0.25, 0.3) is 0 Å². The minimum Gasteiger partial charge on any atom is -0.489 e. The third-order valence-electron chi connectivity index (χ3n) is 6.92. The number of ketones is 1. The number of amidine groups is 1. The van der Waals surface area contributed by atoms with Crippen LogP contribution in [0, 0.1) is 5.92 Å². The molecular formula is C26H41N7O10S5. The fraction of sp³-hybridized carbons (Fsp3) is 0.462. The van der Waals surface area contributed by atoms with Gasteiger partial charge in [0, 0.05) is 23.9 Å². The van der Waals surface area contributed by atoms with Crippen LogP contribution < -0.4 is 21.5 Å². The molecule has 0 spiro atoms. The first kappa shape index (κ1) is 44.9. The maximum atomic E-state index is 13.3. The second-order valence-electron chi connectivity index (χ2n) is 10.4. The summed E-state index contributed by atoms with van der Waals surface area (Å²) >= 11 is 0.983. The first-order valence-corrected chi connectivity index (χ1v) is 15.4. The zero-order valence-corrected chi connectivity index (χ0v) is 29.7. The first-order valence-electron chi connectivity index (χ1n) is 13.1. The van der Waals surface area contributed by atoms with Crippen LogP contribution in [-0.4, -0.2) is 94.7 Å². The van der Waals surface area contributed by atoms with Crippen molar-refractivity contribution in [2.75, 3.05) is 25.4 Å². The Labute approximate surface area is 302 Å². The number of thiazole rings is 1. The highest BCUT2D eigenvalue weighted by Crippen LogP contribution is 2.40. The van der Waals surface area contributed by atoms with Gasteiger partial charge in [-0.3, -0.25) is 19.1 Å². The Morgan fingerprint density at radius 3 is 2.38 bits per heavy atom. The third-order valence-corrected chi connectivity index (χ3v) is 7.93. The molecule has 1 aromatic heterocycles. The molecule has 22 heteroatoms. The van der Waals surface area contributed by atoms with Crippen molar-refractivity contribution in [3.63, 3.8) is 0 Å². The van der Waals surface area contributed by atoms with Crippen molar-refractivity contribution in [2.24, 2.45) is 21.8 Å². The van der Waals surface area contributed by atoms with Gasteiger partial charge in [-0.05, 0) is 51.1 Å². The Hall–Kier alpha value is -3.12. The maximum Gasteiger partial charge on any atom is 0.418 e. The van der Waals surface area contributed by atoms with Crippen LogP contribution in [-0.2, 0) is 33.9 Å². The molecule has 2 aliphatic heterocycles. The highest BCUT2D eigenvalue weighted by Gasteiger charge is 2.57. The highest BCUT2D eigenvalue weighted by atomic mass is 32.3. The predicted molar refractivity (Wildman–Crippen MR) is 194 cm³/mol. The molecule has 7 N–H and O–H groups in total. The van der Waals surface area contributed by atoms with Crippen molar-refractivity contribution in [2.45, 2.75) is 51.8 Å². The SMILES string of the molecule is C.CC1(C)C(CC(=O)/C(=N\O[C@@H](COc2ccc(C(N)=N[C@H]3CCNC3)cc2)C(=O)O)c2csc(N)n2)C(=O)N1OS(=O)(=O)O.S.S.S. The normalized spacial score (nSPS) is 19.3. The van der Waals surface area contributed by atoms with Gasteiger partial charge in [-0.25, -0.2) is 9.78 Å². The second kappa shape index (κ2) is 18.6. The fourth-order valence-electron chi connectivity index (χ4n) is 4.46. The van der Waals surface area contributed by atoms with Gasteiger partial charge in [-0.1, -0.05) is 12.6 Å². The number of ether oxygens (including phenoxy) is 1.